The summed E-state index contributed by atoms with van der Waals surface area (Å²) in [6.07, 6.45) is 1.42. The van der Waals surface area contributed by atoms with Crippen molar-refractivity contribution >= 4 is 23.3 Å². The van der Waals surface area contributed by atoms with Crippen LogP contribution in [0.2, 0.25) is 0 Å². The zero-order chi connectivity index (χ0) is 14.5. The van der Waals surface area contributed by atoms with Gasteiger partial charge in [0.05, 0.1) is 5.54 Å². The fourth-order valence-electron chi connectivity index (χ4n) is 1.72. The van der Waals surface area contributed by atoms with Crippen molar-refractivity contribution in [2.24, 2.45) is 11.5 Å². The molecule has 0 radical (unpaired) electrons. The molecule has 1 atom stereocenters. The number of carbonyl (C=O) groups is 2. The lowest BCUT2D eigenvalue weighted by molar-refractivity contribution is -0.120. The van der Waals surface area contributed by atoms with Gasteiger partial charge in [0, 0.05) is 11.4 Å². The van der Waals surface area contributed by atoms with Crippen LogP contribution in [-0.2, 0) is 4.79 Å². The van der Waals surface area contributed by atoms with Gasteiger partial charge in [0.25, 0.3) is 0 Å². The molecule has 104 valence electrons. The van der Waals surface area contributed by atoms with Crippen LogP contribution in [-0.4, -0.2) is 17.5 Å². The van der Waals surface area contributed by atoms with Crippen molar-refractivity contribution in [3.63, 3.8) is 0 Å². The van der Waals surface area contributed by atoms with Crippen molar-refractivity contribution in [1.29, 1.82) is 0 Å². The molecule has 0 saturated carbocycles. The Morgan fingerprint density at radius 1 is 1.26 bits per heavy atom. The molecule has 0 aromatic heterocycles. The van der Waals surface area contributed by atoms with Gasteiger partial charge in [0.1, 0.15) is 0 Å². The van der Waals surface area contributed by atoms with Crippen molar-refractivity contribution in [3.8, 4) is 0 Å². The summed E-state index contributed by atoms with van der Waals surface area (Å²) >= 11 is 0. The minimum Gasteiger partial charge on any atom is -0.351 e. The predicted molar refractivity (Wildman–Crippen MR) is 75.8 cm³/mol. The molecule has 1 aromatic rings. The van der Waals surface area contributed by atoms with E-state index >= 15 is 0 Å². The Morgan fingerprint density at radius 2 is 1.84 bits per heavy atom. The summed E-state index contributed by atoms with van der Waals surface area (Å²) in [6.45, 7) is 3.66. The molecule has 0 bridgehead atoms. The maximum Gasteiger partial charge on any atom is 0.316 e. The van der Waals surface area contributed by atoms with Crippen molar-refractivity contribution in [2.75, 3.05) is 10.6 Å². The van der Waals surface area contributed by atoms with Crippen LogP contribution in [0.1, 0.15) is 26.7 Å². The fraction of sp³-hybridized carbons (Fsp3) is 0.385. The number of hydrogen-bond acceptors (Lipinski definition) is 3. The number of nitrogens with two attached hydrogens (primary N) is 2. The van der Waals surface area contributed by atoms with Crippen LogP contribution in [0.5, 0.6) is 0 Å². The summed E-state index contributed by atoms with van der Waals surface area (Å²) in [5.41, 5.74) is 11.1. The van der Waals surface area contributed by atoms with Gasteiger partial charge < -0.3 is 22.1 Å². The SMILES string of the molecule is CCCC(C)(N)C(=O)Nc1cccc(NC(N)=O)c1. The van der Waals surface area contributed by atoms with E-state index in [1.54, 1.807) is 31.2 Å². The first-order chi connectivity index (χ1) is 8.85. The van der Waals surface area contributed by atoms with Crippen molar-refractivity contribution in [1.82, 2.24) is 0 Å². The van der Waals surface area contributed by atoms with Crippen LogP contribution in [0.25, 0.3) is 0 Å². The zero-order valence-corrected chi connectivity index (χ0v) is 11.2. The molecular formula is C13H20N4O2. The van der Waals surface area contributed by atoms with E-state index in [1.165, 1.54) is 0 Å². The van der Waals surface area contributed by atoms with E-state index < -0.39 is 11.6 Å². The minimum atomic E-state index is -0.915. The first-order valence-electron chi connectivity index (χ1n) is 6.12. The highest BCUT2D eigenvalue weighted by Crippen LogP contribution is 2.17. The number of primary amides is 1. The molecule has 6 nitrogen and oxygen atoms in total. The van der Waals surface area contributed by atoms with Gasteiger partial charge in [-0.05, 0) is 31.5 Å². The van der Waals surface area contributed by atoms with Crippen LogP contribution in [0, 0.1) is 0 Å². The monoisotopic (exact) mass is 264 g/mol. The third kappa shape index (κ3) is 4.59. The van der Waals surface area contributed by atoms with Gasteiger partial charge in [-0.2, -0.15) is 0 Å². The van der Waals surface area contributed by atoms with Gasteiger partial charge >= 0.3 is 6.03 Å². The van der Waals surface area contributed by atoms with Gasteiger partial charge in [-0.25, -0.2) is 4.79 Å². The first kappa shape index (κ1) is 15.0. The lowest BCUT2D eigenvalue weighted by Crippen LogP contribution is -2.48. The molecule has 0 aliphatic carbocycles. The molecule has 6 heteroatoms. The molecule has 0 heterocycles. The van der Waals surface area contributed by atoms with Crippen molar-refractivity contribution < 1.29 is 9.59 Å². The van der Waals surface area contributed by atoms with Crippen LogP contribution in [0.15, 0.2) is 24.3 Å². The first-order valence-corrected chi connectivity index (χ1v) is 6.12. The van der Waals surface area contributed by atoms with Gasteiger partial charge in [-0.1, -0.05) is 19.4 Å². The number of urea groups is 1. The second-order valence-electron chi connectivity index (χ2n) is 4.69. The number of nitrogens with one attached hydrogen (secondary N) is 2. The molecule has 19 heavy (non-hydrogen) atoms. The average molecular weight is 264 g/mol. The summed E-state index contributed by atoms with van der Waals surface area (Å²) in [4.78, 5) is 22.8. The number of hydrogen-bond donors (Lipinski definition) is 4. The molecule has 3 amide bonds. The smallest absolute Gasteiger partial charge is 0.316 e. The van der Waals surface area contributed by atoms with E-state index in [1.807, 2.05) is 6.92 Å². The van der Waals surface area contributed by atoms with Crippen LogP contribution < -0.4 is 22.1 Å². The number of carbonyl (C=O) groups excluding carboxylic acids is 2. The summed E-state index contributed by atoms with van der Waals surface area (Å²) < 4.78 is 0. The molecule has 6 N–H and O–H groups in total. The normalized spacial score (nSPS) is 13.4. The number of anilines is 2. The summed E-state index contributed by atoms with van der Waals surface area (Å²) in [7, 11) is 0. The molecule has 1 aromatic carbocycles. The van der Waals surface area contributed by atoms with Crippen molar-refractivity contribution in [2.45, 2.75) is 32.2 Å². The van der Waals surface area contributed by atoms with E-state index in [4.69, 9.17) is 11.5 Å². The van der Waals surface area contributed by atoms with Gasteiger partial charge in [-0.3, -0.25) is 4.79 Å². The molecule has 0 spiro atoms. The Morgan fingerprint density at radius 3 is 2.37 bits per heavy atom. The Balaban J connectivity index is 2.77. The van der Waals surface area contributed by atoms with E-state index in [0.717, 1.165) is 6.42 Å². The maximum atomic E-state index is 12.0. The maximum absolute atomic E-state index is 12.0. The Hall–Kier alpha value is -2.08. The standard InChI is InChI=1S/C13H20N4O2/c1-3-7-13(2,15)11(18)16-9-5-4-6-10(8-9)17-12(14)19/h4-6,8H,3,7,15H2,1-2H3,(H,16,18)(H3,14,17,19). The predicted octanol–water partition coefficient (Wildman–Crippen LogP) is 1.63. The Kier molecular flexibility index (Phi) is 4.88. The quantitative estimate of drug-likeness (QED) is 0.648. The van der Waals surface area contributed by atoms with Gasteiger partial charge in [-0.15, -0.1) is 0 Å². The Bertz CT molecular complexity index is 471. The highest BCUT2D eigenvalue weighted by atomic mass is 16.2. The third-order valence-electron chi connectivity index (χ3n) is 2.68. The molecule has 0 saturated heterocycles. The molecule has 0 fully saturated rings. The van der Waals surface area contributed by atoms with Gasteiger partial charge in [0.15, 0.2) is 0 Å². The number of rotatable bonds is 5. The summed E-state index contributed by atoms with van der Waals surface area (Å²) in [5.74, 6) is -0.259. The second-order valence-corrected chi connectivity index (χ2v) is 4.69. The molecule has 1 unspecified atom stereocenters. The van der Waals surface area contributed by atoms with E-state index in [-0.39, 0.29) is 5.91 Å². The van der Waals surface area contributed by atoms with Crippen molar-refractivity contribution in [3.05, 3.63) is 24.3 Å². The topological polar surface area (TPSA) is 110 Å². The molecule has 0 aliphatic heterocycles. The molecular weight excluding hydrogens is 244 g/mol. The number of amides is 3. The molecule has 0 aliphatic rings. The van der Waals surface area contributed by atoms with Crippen LogP contribution in [0.4, 0.5) is 16.2 Å². The van der Waals surface area contributed by atoms with E-state index in [9.17, 15) is 9.59 Å². The minimum absolute atomic E-state index is 0.259. The highest BCUT2D eigenvalue weighted by molar-refractivity contribution is 5.98. The van der Waals surface area contributed by atoms with Crippen LogP contribution in [0.3, 0.4) is 0 Å². The van der Waals surface area contributed by atoms with Gasteiger partial charge in [0.2, 0.25) is 5.91 Å². The van der Waals surface area contributed by atoms with Crippen LogP contribution >= 0.6 is 0 Å². The average Bonchev–Trinajstić information content (AvgIpc) is 2.28. The van der Waals surface area contributed by atoms with E-state index in [0.29, 0.717) is 17.8 Å². The summed E-state index contributed by atoms with van der Waals surface area (Å²) in [6, 6.07) is 6.05. The highest BCUT2D eigenvalue weighted by Gasteiger charge is 2.27. The lowest BCUT2D eigenvalue weighted by Gasteiger charge is -2.23. The second kappa shape index (κ2) is 6.19. The lowest BCUT2D eigenvalue weighted by atomic mass is 9.96. The largest absolute Gasteiger partial charge is 0.351 e. The zero-order valence-electron chi connectivity index (χ0n) is 11.2. The Labute approximate surface area is 112 Å². The summed E-state index contributed by atoms with van der Waals surface area (Å²) in [5, 5.41) is 5.16. The third-order valence-corrected chi connectivity index (χ3v) is 2.68. The molecule has 1 rings (SSSR count). The number of benzene rings is 1. The fourth-order valence-corrected chi connectivity index (χ4v) is 1.72. The van der Waals surface area contributed by atoms with E-state index in [2.05, 4.69) is 10.6 Å².